The number of nitrogens with one attached hydrogen (secondary N) is 1. The Morgan fingerprint density at radius 1 is 1.25 bits per heavy atom. The lowest BCUT2D eigenvalue weighted by molar-refractivity contribution is 0.0917. The monoisotopic (exact) mass is 397 g/mol. The highest BCUT2D eigenvalue weighted by molar-refractivity contribution is 7.17. The van der Waals surface area contributed by atoms with Gasteiger partial charge in [0.1, 0.15) is 10.6 Å². The van der Waals surface area contributed by atoms with Gasteiger partial charge in [0.15, 0.2) is 10.8 Å². The topological polar surface area (TPSA) is 84.1 Å². The van der Waals surface area contributed by atoms with Crippen molar-refractivity contribution in [2.24, 2.45) is 0 Å². The smallest absolute Gasteiger partial charge is 0.263 e. The normalized spacial score (nSPS) is 16.0. The maximum absolute atomic E-state index is 12.8. The van der Waals surface area contributed by atoms with Crippen LogP contribution in [0.1, 0.15) is 46.4 Å². The standard InChI is InChI=1S/C20H23N5O2S/c1-14-17(28-20(24-14)18-21-8-6-9-22-18)19(26)23-13-15(16-7-5-12-27-16)25-10-3-2-4-11-25/h5-9,12,15H,2-4,10-11,13H2,1H3,(H,23,26). The third-order valence-corrected chi connectivity index (χ3v) is 6.07. The number of furan rings is 1. The fourth-order valence-corrected chi connectivity index (χ4v) is 4.43. The molecular weight excluding hydrogens is 374 g/mol. The first-order valence-corrected chi connectivity index (χ1v) is 10.3. The molecule has 3 aromatic heterocycles. The predicted molar refractivity (Wildman–Crippen MR) is 107 cm³/mol. The van der Waals surface area contributed by atoms with Gasteiger partial charge in [0.2, 0.25) is 0 Å². The second-order valence-corrected chi connectivity index (χ2v) is 7.84. The van der Waals surface area contributed by atoms with Crippen molar-refractivity contribution in [3.8, 4) is 10.8 Å². The number of likely N-dealkylation sites (tertiary alicyclic amines) is 1. The summed E-state index contributed by atoms with van der Waals surface area (Å²) in [7, 11) is 0. The number of aryl methyl sites for hydroxylation is 1. The van der Waals surface area contributed by atoms with Gasteiger partial charge in [0, 0.05) is 18.9 Å². The number of carbonyl (C=O) groups is 1. The first-order valence-electron chi connectivity index (χ1n) is 9.53. The molecule has 146 valence electrons. The molecule has 0 aromatic carbocycles. The Kier molecular flexibility index (Phi) is 5.78. The van der Waals surface area contributed by atoms with Gasteiger partial charge < -0.3 is 9.73 Å². The minimum atomic E-state index is -0.120. The molecule has 1 amide bonds. The Labute approximate surface area is 167 Å². The maximum atomic E-state index is 12.8. The molecule has 0 saturated carbocycles. The van der Waals surface area contributed by atoms with Gasteiger partial charge in [-0.15, -0.1) is 11.3 Å². The number of thiazole rings is 1. The minimum absolute atomic E-state index is 0.0457. The summed E-state index contributed by atoms with van der Waals surface area (Å²) in [5, 5.41) is 3.73. The molecule has 28 heavy (non-hydrogen) atoms. The second kappa shape index (κ2) is 8.62. The van der Waals surface area contributed by atoms with Crippen molar-refractivity contribution < 1.29 is 9.21 Å². The Balaban J connectivity index is 1.47. The number of nitrogens with zero attached hydrogens (tertiary/aromatic N) is 4. The van der Waals surface area contributed by atoms with Crippen molar-refractivity contribution in [2.75, 3.05) is 19.6 Å². The Bertz CT molecular complexity index is 904. The average Bonchev–Trinajstić information content (AvgIpc) is 3.40. The molecule has 7 nitrogen and oxygen atoms in total. The summed E-state index contributed by atoms with van der Waals surface area (Å²) in [6.07, 6.45) is 8.65. The molecule has 4 rings (SSSR count). The highest BCUT2D eigenvalue weighted by Crippen LogP contribution is 2.27. The fraction of sp³-hybridized carbons (Fsp3) is 0.400. The Hall–Kier alpha value is -2.58. The van der Waals surface area contributed by atoms with Gasteiger partial charge in [0.25, 0.3) is 5.91 Å². The van der Waals surface area contributed by atoms with Crippen molar-refractivity contribution in [3.63, 3.8) is 0 Å². The summed E-state index contributed by atoms with van der Waals surface area (Å²) in [5.41, 5.74) is 0.692. The minimum Gasteiger partial charge on any atom is -0.468 e. The van der Waals surface area contributed by atoms with E-state index in [9.17, 15) is 4.79 Å². The van der Waals surface area contributed by atoms with Crippen LogP contribution >= 0.6 is 11.3 Å². The van der Waals surface area contributed by atoms with Crippen molar-refractivity contribution in [2.45, 2.75) is 32.2 Å². The van der Waals surface area contributed by atoms with E-state index in [2.05, 4.69) is 25.2 Å². The number of hydrogen-bond donors (Lipinski definition) is 1. The van der Waals surface area contributed by atoms with Crippen LogP contribution in [0.15, 0.2) is 41.3 Å². The molecule has 0 bridgehead atoms. The van der Waals surface area contributed by atoms with Crippen LogP contribution < -0.4 is 5.32 Å². The van der Waals surface area contributed by atoms with Crippen molar-refractivity contribution in [1.29, 1.82) is 0 Å². The summed E-state index contributed by atoms with van der Waals surface area (Å²) in [6, 6.07) is 5.68. The lowest BCUT2D eigenvalue weighted by Gasteiger charge is -2.33. The Morgan fingerprint density at radius 3 is 2.75 bits per heavy atom. The van der Waals surface area contributed by atoms with Crippen LogP contribution in [0, 0.1) is 6.92 Å². The van der Waals surface area contributed by atoms with E-state index in [1.54, 1.807) is 24.7 Å². The van der Waals surface area contributed by atoms with Crippen molar-refractivity contribution >= 4 is 17.2 Å². The van der Waals surface area contributed by atoms with Crippen LogP contribution in [-0.4, -0.2) is 45.4 Å². The number of rotatable bonds is 6. The van der Waals surface area contributed by atoms with Crippen LogP contribution in [0.3, 0.4) is 0 Å². The van der Waals surface area contributed by atoms with E-state index >= 15 is 0 Å². The summed E-state index contributed by atoms with van der Waals surface area (Å²) >= 11 is 1.32. The number of aromatic nitrogens is 3. The molecule has 1 aliphatic heterocycles. The van der Waals surface area contributed by atoms with Crippen LogP contribution in [0.5, 0.6) is 0 Å². The van der Waals surface area contributed by atoms with Crippen molar-refractivity contribution in [1.82, 2.24) is 25.2 Å². The molecule has 0 spiro atoms. The third kappa shape index (κ3) is 4.13. The Morgan fingerprint density at radius 2 is 2.04 bits per heavy atom. The zero-order valence-corrected chi connectivity index (χ0v) is 16.6. The summed E-state index contributed by atoms with van der Waals surface area (Å²) < 4.78 is 5.65. The highest BCUT2D eigenvalue weighted by atomic mass is 32.1. The van der Waals surface area contributed by atoms with Crippen LogP contribution in [0.25, 0.3) is 10.8 Å². The first kappa shape index (κ1) is 18.8. The molecule has 1 aliphatic rings. The van der Waals surface area contributed by atoms with Crippen molar-refractivity contribution in [3.05, 3.63) is 53.2 Å². The molecule has 0 aliphatic carbocycles. The van der Waals surface area contributed by atoms with E-state index in [0.29, 0.717) is 27.9 Å². The number of amides is 1. The van der Waals surface area contributed by atoms with Gasteiger partial charge in [0.05, 0.1) is 18.0 Å². The van der Waals surface area contributed by atoms with Crippen LogP contribution in [-0.2, 0) is 0 Å². The molecule has 8 heteroatoms. The summed E-state index contributed by atoms with van der Waals surface area (Å²) in [4.78, 5) is 28.7. The SMILES string of the molecule is Cc1nc(-c2ncccn2)sc1C(=O)NCC(c1ccco1)N1CCCCC1. The van der Waals surface area contributed by atoms with E-state index in [4.69, 9.17) is 4.42 Å². The predicted octanol–water partition coefficient (Wildman–Crippen LogP) is 3.46. The summed E-state index contributed by atoms with van der Waals surface area (Å²) in [5.74, 6) is 1.31. The number of piperidine rings is 1. The third-order valence-electron chi connectivity index (χ3n) is 4.92. The first-order chi connectivity index (χ1) is 13.7. The van der Waals surface area contributed by atoms with Crippen LogP contribution in [0.2, 0.25) is 0 Å². The molecule has 0 radical (unpaired) electrons. The second-order valence-electron chi connectivity index (χ2n) is 6.84. The van der Waals surface area contributed by atoms with Gasteiger partial charge in [-0.1, -0.05) is 6.42 Å². The molecular formula is C20H23N5O2S. The highest BCUT2D eigenvalue weighted by Gasteiger charge is 2.26. The lowest BCUT2D eigenvalue weighted by Crippen LogP contribution is -2.40. The zero-order chi connectivity index (χ0) is 19.3. The molecule has 1 unspecified atom stereocenters. The maximum Gasteiger partial charge on any atom is 0.263 e. The van der Waals surface area contributed by atoms with E-state index in [1.165, 1.54) is 30.6 Å². The van der Waals surface area contributed by atoms with E-state index in [0.717, 1.165) is 18.8 Å². The number of carbonyl (C=O) groups excluding carboxylic acids is 1. The molecule has 4 heterocycles. The van der Waals surface area contributed by atoms with Crippen LogP contribution in [0.4, 0.5) is 0 Å². The van der Waals surface area contributed by atoms with Gasteiger partial charge >= 0.3 is 0 Å². The lowest BCUT2D eigenvalue weighted by atomic mass is 10.1. The largest absolute Gasteiger partial charge is 0.468 e. The van der Waals surface area contributed by atoms with E-state index in [-0.39, 0.29) is 11.9 Å². The molecule has 1 fully saturated rings. The zero-order valence-electron chi connectivity index (χ0n) is 15.8. The van der Waals surface area contributed by atoms with Gasteiger partial charge in [-0.2, -0.15) is 0 Å². The average molecular weight is 398 g/mol. The van der Waals surface area contributed by atoms with E-state index < -0.39 is 0 Å². The molecule has 1 saturated heterocycles. The van der Waals surface area contributed by atoms with Gasteiger partial charge in [-0.3, -0.25) is 9.69 Å². The summed E-state index contributed by atoms with van der Waals surface area (Å²) in [6.45, 7) is 4.39. The molecule has 3 aromatic rings. The molecule has 1 atom stereocenters. The quantitative estimate of drug-likeness (QED) is 0.686. The number of hydrogen-bond acceptors (Lipinski definition) is 7. The van der Waals surface area contributed by atoms with Gasteiger partial charge in [-0.05, 0) is 51.1 Å². The molecule has 1 N–H and O–H groups in total. The van der Waals surface area contributed by atoms with E-state index in [1.807, 2.05) is 19.1 Å². The fourth-order valence-electron chi connectivity index (χ4n) is 3.50. The van der Waals surface area contributed by atoms with Gasteiger partial charge in [-0.25, -0.2) is 15.0 Å².